The van der Waals surface area contributed by atoms with E-state index in [-0.39, 0.29) is 11.2 Å². The number of hydrogen-bond acceptors (Lipinski definition) is 5. The van der Waals surface area contributed by atoms with E-state index < -0.39 is 0 Å². The summed E-state index contributed by atoms with van der Waals surface area (Å²) in [5.41, 5.74) is 6.85. The zero-order valence-corrected chi connectivity index (χ0v) is 19.0. The number of benzene rings is 2. The van der Waals surface area contributed by atoms with Gasteiger partial charge in [-0.1, -0.05) is 39.0 Å². The van der Waals surface area contributed by atoms with Crippen LogP contribution in [0, 0.1) is 19.3 Å². The molecule has 5 nitrogen and oxygen atoms in total. The van der Waals surface area contributed by atoms with E-state index in [4.69, 9.17) is 9.97 Å². The van der Waals surface area contributed by atoms with Crippen molar-refractivity contribution in [2.45, 2.75) is 53.9 Å². The molecule has 4 rings (SSSR count). The minimum atomic E-state index is -0.115. The molecule has 1 heterocycles. The minimum Gasteiger partial charge on any atom is -0.339 e. The number of Topliss-reactive ketones (excluding diaryl/α,β-unsaturated/α-hetero) is 1. The molecule has 0 radical (unpaired) electrons. The highest BCUT2D eigenvalue weighted by molar-refractivity contribution is 6.03. The molecule has 160 valence electrons. The van der Waals surface area contributed by atoms with Gasteiger partial charge in [0.05, 0.1) is 11.3 Å². The van der Waals surface area contributed by atoms with Crippen LogP contribution in [-0.2, 0) is 12.8 Å². The molecule has 0 saturated carbocycles. The number of carbonyl (C=O) groups excluding carboxylic acids is 1. The average Bonchev–Trinajstić information content (AvgIpc) is 2.70. The third kappa shape index (κ3) is 4.61. The van der Waals surface area contributed by atoms with Crippen molar-refractivity contribution in [2.75, 3.05) is 10.6 Å². The Morgan fingerprint density at radius 3 is 2.29 bits per heavy atom. The third-order valence-electron chi connectivity index (χ3n) is 5.94. The van der Waals surface area contributed by atoms with E-state index in [1.54, 1.807) is 0 Å². The SMILES string of the molecule is CCc1ccc(Nc2nc(Nc3ccc(C)c(C)c3)nc3c2C(=O)CC(C)(C)C3)cc1. The summed E-state index contributed by atoms with van der Waals surface area (Å²) in [5.74, 6) is 1.16. The predicted octanol–water partition coefficient (Wildman–Crippen LogP) is 6.30. The Labute approximate surface area is 184 Å². The molecule has 5 heteroatoms. The van der Waals surface area contributed by atoms with Gasteiger partial charge in [0, 0.05) is 17.8 Å². The number of nitrogens with zero attached hydrogens (tertiary/aromatic N) is 2. The van der Waals surface area contributed by atoms with Gasteiger partial charge in [-0.25, -0.2) is 4.98 Å². The average molecular weight is 415 g/mol. The van der Waals surface area contributed by atoms with E-state index in [0.29, 0.717) is 23.8 Å². The molecule has 0 atom stereocenters. The lowest BCUT2D eigenvalue weighted by atomic mass is 9.75. The second kappa shape index (κ2) is 8.14. The van der Waals surface area contributed by atoms with E-state index in [9.17, 15) is 4.79 Å². The third-order valence-corrected chi connectivity index (χ3v) is 5.94. The van der Waals surface area contributed by atoms with Gasteiger partial charge in [0.25, 0.3) is 0 Å². The molecule has 0 bridgehead atoms. The molecule has 0 unspecified atom stereocenters. The molecule has 2 aromatic carbocycles. The standard InChI is InChI=1S/C26H30N4O/c1-6-18-8-11-19(12-9-18)27-24-23-21(14-26(4,5)15-22(23)31)29-25(30-24)28-20-10-7-16(2)17(3)13-20/h7-13H,6,14-15H2,1-5H3,(H2,27,28,29,30). The molecule has 1 aliphatic rings. The summed E-state index contributed by atoms with van der Waals surface area (Å²) >= 11 is 0. The maximum absolute atomic E-state index is 13.0. The highest BCUT2D eigenvalue weighted by Crippen LogP contribution is 2.38. The van der Waals surface area contributed by atoms with Crippen molar-refractivity contribution >= 4 is 28.9 Å². The molecule has 0 amide bonds. The molecular formula is C26H30N4O. The first-order chi connectivity index (χ1) is 14.7. The number of ketones is 1. The van der Waals surface area contributed by atoms with Crippen LogP contribution in [0.15, 0.2) is 42.5 Å². The Morgan fingerprint density at radius 2 is 1.61 bits per heavy atom. The van der Waals surface area contributed by atoms with Gasteiger partial charge >= 0.3 is 0 Å². The van der Waals surface area contributed by atoms with Crippen LogP contribution in [0.2, 0.25) is 0 Å². The molecule has 3 aromatic rings. The van der Waals surface area contributed by atoms with E-state index in [2.05, 4.69) is 69.5 Å². The zero-order valence-electron chi connectivity index (χ0n) is 19.0. The van der Waals surface area contributed by atoms with Crippen LogP contribution in [0.25, 0.3) is 0 Å². The number of anilines is 4. The van der Waals surface area contributed by atoms with Gasteiger partial charge in [-0.3, -0.25) is 4.79 Å². The van der Waals surface area contributed by atoms with E-state index >= 15 is 0 Å². The first kappa shape index (κ1) is 21.0. The number of nitrogens with one attached hydrogen (secondary N) is 2. The maximum Gasteiger partial charge on any atom is 0.229 e. The Bertz CT molecular complexity index is 1130. The van der Waals surface area contributed by atoms with Crippen LogP contribution < -0.4 is 10.6 Å². The first-order valence-corrected chi connectivity index (χ1v) is 10.9. The summed E-state index contributed by atoms with van der Waals surface area (Å²) < 4.78 is 0. The summed E-state index contributed by atoms with van der Waals surface area (Å²) in [6.07, 6.45) is 2.22. The number of rotatable bonds is 5. The fraction of sp³-hybridized carbons (Fsp3) is 0.346. The van der Waals surface area contributed by atoms with Gasteiger partial charge in [-0.2, -0.15) is 4.98 Å². The quantitative estimate of drug-likeness (QED) is 0.513. The lowest BCUT2D eigenvalue weighted by Gasteiger charge is -2.30. The molecule has 0 spiro atoms. The van der Waals surface area contributed by atoms with Crippen molar-refractivity contribution in [3.8, 4) is 0 Å². The first-order valence-electron chi connectivity index (χ1n) is 10.9. The number of fused-ring (bicyclic) bond motifs is 1. The topological polar surface area (TPSA) is 66.9 Å². The van der Waals surface area contributed by atoms with Crippen molar-refractivity contribution in [3.05, 3.63) is 70.4 Å². The van der Waals surface area contributed by atoms with Crippen LogP contribution >= 0.6 is 0 Å². The fourth-order valence-corrected chi connectivity index (χ4v) is 4.02. The smallest absolute Gasteiger partial charge is 0.229 e. The Balaban J connectivity index is 1.74. The van der Waals surface area contributed by atoms with Crippen LogP contribution in [0.5, 0.6) is 0 Å². The van der Waals surface area contributed by atoms with Crippen molar-refractivity contribution in [1.29, 1.82) is 0 Å². The van der Waals surface area contributed by atoms with Crippen LogP contribution in [0.3, 0.4) is 0 Å². The number of hydrogen-bond donors (Lipinski definition) is 2. The second-order valence-electron chi connectivity index (χ2n) is 9.26. The van der Waals surface area contributed by atoms with Gasteiger partial charge in [0.15, 0.2) is 5.78 Å². The van der Waals surface area contributed by atoms with Crippen LogP contribution in [0.4, 0.5) is 23.1 Å². The van der Waals surface area contributed by atoms with Crippen LogP contribution in [-0.4, -0.2) is 15.8 Å². The molecule has 1 aliphatic carbocycles. The lowest BCUT2D eigenvalue weighted by Crippen LogP contribution is -2.29. The van der Waals surface area contributed by atoms with Gasteiger partial charge in [0.2, 0.25) is 5.95 Å². The van der Waals surface area contributed by atoms with Crippen LogP contribution in [0.1, 0.15) is 59.9 Å². The van der Waals surface area contributed by atoms with E-state index in [1.807, 2.05) is 18.2 Å². The zero-order chi connectivity index (χ0) is 22.2. The van der Waals surface area contributed by atoms with Gasteiger partial charge in [-0.05, 0) is 73.1 Å². The predicted molar refractivity (Wildman–Crippen MR) is 127 cm³/mol. The summed E-state index contributed by atoms with van der Waals surface area (Å²) in [6, 6.07) is 14.4. The molecular weight excluding hydrogens is 384 g/mol. The highest BCUT2D eigenvalue weighted by atomic mass is 16.1. The molecule has 0 fully saturated rings. The summed E-state index contributed by atoms with van der Waals surface area (Å²) in [4.78, 5) is 22.5. The maximum atomic E-state index is 13.0. The van der Waals surface area contributed by atoms with Crippen molar-refractivity contribution in [2.24, 2.45) is 5.41 Å². The van der Waals surface area contributed by atoms with Gasteiger partial charge in [-0.15, -0.1) is 0 Å². The lowest BCUT2D eigenvalue weighted by molar-refractivity contribution is 0.0911. The molecule has 0 saturated heterocycles. The summed E-state index contributed by atoms with van der Waals surface area (Å²) in [5, 5.41) is 6.71. The monoisotopic (exact) mass is 414 g/mol. The molecule has 2 N–H and O–H groups in total. The fourth-order valence-electron chi connectivity index (χ4n) is 4.02. The van der Waals surface area contributed by atoms with Crippen molar-refractivity contribution in [1.82, 2.24) is 9.97 Å². The highest BCUT2D eigenvalue weighted by Gasteiger charge is 2.35. The van der Waals surface area contributed by atoms with E-state index in [0.717, 1.165) is 29.9 Å². The largest absolute Gasteiger partial charge is 0.339 e. The molecule has 31 heavy (non-hydrogen) atoms. The summed E-state index contributed by atoms with van der Waals surface area (Å²) in [6.45, 7) is 10.5. The van der Waals surface area contributed by atoms with Gasteiger partial charge < -0.3 is 10.6 Å². The Morgan fingerprint density at radius 1 is 0.903 bits per heavy atom. The van der Waals surface area contributed by atoms with Gasteiger partial charge in [0.1, 0.15) is 5.82 Å². The van der Waals surface area contributed by atoms with E-state index in [1.165, 1.54) is 16.7 Å². The molecule has 0 aliphatic heterocycles. The van der Waals surface area contributed by atoms with Crippen molar-refractivity contribution in [3.63, 3.8) is 0 Å². The Hall–Kier alpha value is -3.21. The Kier molecular flexibility index (Phi) is 5.52. The minimum absolute atomic E-state index is 0.0941. The normalized spacial score (nSPS) is 14.8. The van der Waals surface area contributed by atoms with Crippen molar-refractivity contribution < 1.29 is 4.79 Å². The molecule has 1 aromatic heterocycles. The summed E-state index contributed by atoms with van der Waals surface area (Å²) in [7, 11) is 0. The number of aryl methyl sites for hydroxylation is 3. The second-order valence-corrected chi connectivity index (χ2v) is 9.26. The number of carbonyl (C=O) groups is 1. The number of aromatic nitrogens is 2.